The number of hydrogen-bond acceptors (Lipinski definition) is 4. The summed E-state index contributed by atoms with van der Waals surface area (Å²) in [6, 6.07) is 14.6. The smallest absolute Gasteiger partial charge is 0.258 e. The minimum atomic E-state index is -1.36. The van der Waals surface area contributed by atoms with Crippen LogP contribution in [0.4, 0.5) is 5.69 Å². The number of amides is 2. The maximum absolute atomic E-state index is 12.3. The highest BCUT2D eigenvalue weighted by Gasteiger charge is 2.26. The van der Waals surface area contributed by atoms with Gasteiger partial charge in [0, 0.05) is 17.7 Å². The summed E-state index contributed by atoms with van der Waals surface area (Å²) in [5.41, 5.74) is 1.03. The van der Waals surface area contributed by atoms with Crippen molar-refractivity contribution in [3.05, 3.63) is 77.9 Å². The van der Waals surface area contributed by atoms with Crippen LogP contribution in [0.2, 0.25) is 0 Å². The van der Waals surface area contributed by atoms with Crippen LogP contribution in [0.5, 0.6) is 0 Å². The second-order valence-corrected chi connectivity index (χ2v) is 5.07. The molecule has 0 radical (unpaired) electrons. The summed E-state index contributed by atoms with van der Waals surface area (Å²) in [5.74, 6) is -1.34. The second-order valence-electron chi connectivity index (χ2n) is 5.07. The highest BCUT2D eigenvalue weighted by Crippen LogP contribution is 2.25. The van der Waals surface area contributed by atoms with E-state index in [0.717, 1.165) is 4.90 Å². The number of nitrogens with zero attached hydrogens (tertiary/aromatic N) is 1. The quantitative estimate of drug-likeness (QED) is 0.693. The molecule has 0 saturated carbocycles. The summed E-state index contributed by atoms with van der Waals surface area (Å²) in [4.78, 5) is 36.7. The third-order valence-electron chi connectivity index (χ3n) is 3.56. The molecule has 0 saturated heterocycles. The molecule has 0 aromatic heterocycles. The van der Waals surface area contributed by atoms with Crippen molar-refractivity contribution >= 4 is 23.3 Å². The first-order valence-corrected chi connectivity index (χ1v) is 7.01. The van der Waals surface area contributed by atoms with Crippen LogP contribution in [-0.4, -0.2) is 22.7 Å². The van der Waals surface area contributed by atoms with Gasteiger partial charge >= 0.3 is 0 Å². The maximum atomic E-state index is 12.3. The first-order chi connectivity index (χ1) is 11.1. The van der Waals surface area contributed by atoms with Crippen molar-refractivity contribution in [2.75, 3.05) is 4.90 Å². The minimum absolute atomic E-state index is 0.322. The molecule has 1 atom stereocenters. The van der Waals surface area contributed by atoms with Gasteiger partial charge in [-0.15, -0.1) is 0 Å². The Labute approximate surface area is 132 Å². The van der Waals surface area contributed by atoms with Gasteiger partial charge < -0.3 is 5.11 Å². The monoisotopic (exact) mass is 307 g/mol. The number of anilines is 1. The third-order valence-corrected chi connectivity index (χ3v) is 3.56. The predicted octanol–water partition coefficient (Wildman–Crippen LogP) is 2.03. The maximum Gasteiger partial charge on any atom is 0.258 e. The molecule has 1 heterocycles. The molecular weight excluding hydrogens is 294 g/mol. The number of Topliss-reactive ketones (excluding diaryl/α,β-unsaturated/α-hetero) is 1. The molecule has 1 aliphatic heterocycles. The summed E-state index contributed by atoms with van der Waals surface area (Å²) in [5, 5.41) is 10.3. The van der Waals surface area contributed by atoms with Crippen molar-refractivity contribution in [1.29, 1.82) is 0 Å². The van der Waals surface area contributed by atoms with Gasteiger partial charge in [0.2, 0.25) is 0 Å². The summed E-state index contributed by atoms with van der Waals surface area (Å²) in [7, 11) is 0. The van der Waals surface area contributed by atoms with Crippen LogP contribution in [0.3, 0.4) is 0 Å². The zero-order valence-electron chi connectivity index (χ0n) is 12.0. The summed E-state index contributed by atoms with van der Waals surface area (Å²) in [6.45, 7) is 0. The van der Waals surface area contributed by atoms with Crippen LogP contribution >= 0.6 is 0 Å². The van der Waals surface area contributed by atoms with Crippen molar-refractivity contribution in [2.24, 2.45) is 0 Å². The van der Waals surface area contributed by atoms with Crippen LogP contribution in [0, 0.1) is 0 Å². The largest absolute Gasteiger partial charge is 0.380 e. The number of carbonyl (C=O) groups is 3. The Balaban J connectivity index is 1.89. The molecular formula is C18H13NO4. The van der Waals surface area contributed by atoms with E-state index in [4.69, 9.17) is 0 Å². The van der Waals surface area contributed by atoms with Crippen LogP contribution in [0.15, 0.2) is 66.7 Å². The Kier molecular flexibility index (Phi) is 3.87. The lowest BCUT2D eigenvalue weighted by Crippen LogP contribution is -2.29. The third kappa shape index (κ3) is 2.82. The lowest BCUT2D eigenvalue weighted by atomic mass is 9.99. The lowest BCUT2D eigenvalue weighted by Gasteiger charge is -2.16. The Hall–Kier alpha value is -3.05. The number of ketones is 1. The van der Waals surface area contributed by atoms with Crippen LogP contribution in [0.1, 0.15) is 22.0 Å². The van der Waals surface area contributed by atoms with Crippen molar-refractivity contribution in [1.82, 2.24) is 0 Å². The van der Waals surface area contributed by atoms with E-state index in [1.165, 1.54) is 18.2 Å². The number of carbonyl (C=O) groups excluding carboxylic acids is 3. The molecule has 2 aromatic rings. The topological polar surface area (TPSA) is 74.7 Å². The van der Waals surface area contributed by atoms with E-state index in [0.29, 0.717) is 16.8 Å². The fourth-order valence-electron chi connectivity index (χ4n) is 2.40. The molecule has 5 heteroatoms. The van der Waals surface area contributed by atoms with Crippen LogP contribution in [-0.2, 0) is 9.59 Å². The molecule has 1 N–H and O–H groups in total. The number of rotatable bonds is 4. The Morgan fingerprint density at radius 1 is 0.913 bits per heavy atom. The number of imide groups is 1. The van der Waals surface area contributed by atoms with E-state index < -0.39 is 23.7 Å². The normalized spacial score (nSPS) is 15.1. The molecule has 3 rings (SSSR count). The zero-order valence-corrected chi connectivity index (χ0v) is 12.0. The van der Waals surface area contributed by atoms with Gasteiger partial charge in [-0.2, -0.15) is 0 Å². The first kappa shape index (κ1) is 14.9. The molecule has 2 aromatic carbocycles. The van der Waals surface area contributed by atoms with Crippen LogP contribution in [0.25, 0.3) is 0 Å². The van der Waals surface area contributed by atoms with E-state index in [1.807, 2.05) is 0 Å². The SMILES string of the molecule is O=C(c1ccccc1)C(O)c1cccc(N2C(=O)C=CC2=O)c1. The minimum Gasteiger partial charge on any atom is -0.380 e. The van der Waals surface area contributed by atoms with Crippen molar-refractivity contribution in [3.8, 4) is 0 Å². The van der Waals surface area contributed by atoms with Gasteiger partial charge in [0.1, 0.15) is 6.10 Å². The van der Waals surface area contributed by atoms with Crippen molar-refractivity contribution < 1.29 is 19.5 Å². The fourth-order valence-corrected chi connectivity index (χ4v) is 2.40. The highest BCUT2D eigenvalue weighted by molar-refractivity contribution is 6.28. The van der Waals surface area contributed by atoms with Crippen molar-refractivity contribution in [3.63, 3.8) is 0 Å². The van der Waals surface area contributed by atoms with Gasteiger partial charge in [-0.1, -0.05) is 42.5 Å². The molecule has 1 unspecified atom stereocenters. The van der Waals surface area contributed by atoms with E-state index in [-0.39, 0.29) is 0 Å². The molecule has 0 bridgehead atoms. The Morgan fingerprint density at radius 3 is 2.22 bits per heavy atom. The van der Waals surface area contributed by atoms with Gasteiger partial charge in [-0.05, 0) is 17.7 Å². The molecule has 5 nitrogen and oxygen atoms in total. The standard InChI is InChI=1S/C18H13NO4/c20-15-9-10-16(21)19(15)14-8-4-7-13(11-14)18(23)17(22)12-5-2-1-3-6-12/h1-11,18,23H. The average Bonchev–Trinajstić information content (AvgIpc) is 2.93. The van der Waals surface area contributed by atoms with Gasteiger partial charge in [-0.25, -0.2) is 4.90 Å². The first-order valence-electron chi connectivity index (χ1n) is 7.01. The fraction of sp³-hybridized carbons (Fsp3) is 0.0556. The molecule has 114 valence electrons. The van der Waals surface area contributed by atoms with Crippen LogP contribution < -0.4 is 4.90 Å². The highest BCUT2D eigenvalue weighted by atomic mass is 16.3. The number of aliphatic hydroxyl groups is 1. The van der Waals surface area contributed by atoms with E-state index in [9.17, 15) is 19.5 Å². The lowest BCUT2D eigenvalue weighted by molar-refractivity contribution is -0.119. The van der Waals surface area contributed by atoms with Gasteiger partial charge in [-0.3, -0.25) is 14.4 Å². The average molecular weight is 307 g/mol. The van der Waals surface area contributed by atoms with Gasteiger partial charge in [0.25, 0.3) is 11.8 Å². The van der Waals surface area contributed by atoms with E-state index >= 15 is 0 Å². The van der Waals surface area contributed by atoms with Crippen molar-refractivity contribution in [2.45, 2.75) is 6.10 Å². The molecule has 0 aliphatic carbocycles. The Bertz CT molecular complexity index is 793. The van der Waals surface area contributed by atoms with E-state index in [1.54, 1.807) is 48.5 Å². The predicted molar refractivity (Wildman–Crippen MR) is 83.8 cm³/mol. The molecule has 23 heavy (non-hydrogen) atoms. The number of aliphatic hydroxyl groups excluding tert-OH is 1. The Morgan fingerprint density at radius 2 is 1.57 bits per heavy atom. The summed E-state index contributed by atoms with van der Waals surface area (Å²) >= 11 is 0. The van der Waals surface area contributed by atoms with Gasteiger partial charge in [0.15, 0.2) is 5.78 Å². The molecule has 2 amide bonds. The zero-order chi connectivity index (χ0) is 16.4. The molecule has 0 spiro atoms. The van der Waals surface area contributed by atoms with E-state index in [2.05, 4.69) is 0 Å². The molecule has 0 fully saturated rings. The summed E-state index contributed by atoms with van der Waals surface area (Å²) in [6.07, 6.45) is 0.999. The number of benzene rings is 2. The van der Waals surface area contributed by atoms with Gasteiger partial charge in [0.05, 0.1) is 5.69 Å². The summed E-state index contributed by atoms with van der Waals surface area (Å²) < 4.78 is 0. The second kappa shape index (κ2) is 5.98. The molecule has 1 aliphatic rings. The number of hydrogen-bond donors (Lipinski definition) is 1.